The summed E-state index contributed by atoms with van der Waals surface area (Å²) in [6.07, 6.45) is 2.05. The van der Waals surface area contributed by atoms with E-state index in [1.54, 1.807) is 6.07 Å². The zero-order chi connectivity index (χ0) is 13.1. The Morgan fingerprint density at radius 3 is 2.61 bits per heavy atom. The summed E-state index contributed by atoms with van der Waals surface area (Å²) < 4.78 is 13.4. The molecule has 1 atom stereocenters. The molecule has 2 rings (SSSR count). The van der Waals surface area contributed by atoms with Crippen molar-refractivity contribution in [2.75, 3.05) is 18.0 Å². The van der Waals surface area contributed by atoms with Gasteiger partial charge in [0.1, 0.15) is 5.82 Å². The number of nitrogens with zero attached hydrogens (tertiary/aromatic N) is 2. The molecule has 4 heteroatoms. The Labute approximate surface area is 107 Å². The molecule has 0 radical (unpaired) electrons. The molecule has 96 valence electrons. The van der Waals surface area contributed by atoms with Crippen molar-refractivity contribution in [3.8, 4) is 6.07 Å². The Balaban J connectivity index is 2.10. The average molecular weight is 247 g/mol. The van der Waals surface area contributed by atoms with E-state index in [9.17, 15) is 4.39 Å². The maximum Gasteiger partial charge on any atom is 0.126 e. The fourth-order valence-electron chi connectivity index (χ4n) is 2.50. The van der Waals surface area contributed by atoms with Gasteiger partial charge in [0.05, 0.1) is 11.6 Å². The van der Waals surface area contributed by atoms with E-state index < -0.39 is 0 Å². The zero-order valence-corrected chi connectivity index (χ0v) is 10.6. The Bertz CT molecular complexity index is 457. The lowest BCUT2D eigenvalue weighted by Gasteiger charge is -2.35. The number of hydrogen-bond acceptors (Lipinski definition) is 3. The Hall–Kier alpha value is -1.60. The van der Waals surface area contributed by atoms with Gasteiger partial charge in [-0.25, -0.2) is 4.39 Å². The average Bonchev–Trinajstić information content (AvgIpc) is 2.38. The molecule has 0 amide bonds. The highest BCUT2D eigenvalue weighted by Gasteiger charge is 2.22. The van der Waals surface area contributed by atoms with Crippen LogP contribution < -0.4 is 10.6 Å². The zero-order valence-electron chi connectivity index (χ0n) is 10.6. The largest absolute Gasteiger partial charge is 0.371 e. The van der Waals surface area contributed by atoms with Crippen molar-refractivity contribution in [1.82, 2.24) is 0 Å². The van der Waals surface area contributed by atoms with Crippen LogP contribution in [0.1, 0.15) is 25.3 Å². The standard InChI is InChI=1S/C14H18FN3/c1-10(17)12-2-4-18(5-3-12)14-7-11(9-16)6-13(15)8-14/h6-8,10,12H,2-5,17H2,1H3. The summed E-state index contributed by atoms with van der Waals surface area (Å²) in [5, 5.41) is 8.85. The van der Waals surface area contributed by atoms with E-state index in [0.717, 1.165) is 31.6 Å². The van der Waals surface area contributed by atoms with Gasteiger partial charge in [0.2, 0.25) is 0 Å². The second-order valence-electron chi connectivity index (χ2n) is 4.99. The van der Waals surface area contributed by atoms with Crippen LogP contribution in [0.4, 0.5) is 10.1 Å². The predicted octanol–water partition coefficient (Wildman–Crippen LogP) is 2.26. The summed E-state index contributed by atoms with van der Waals surface area (Å²) in [4.78, 5) is 2.13. The summed E-state index contributed by atoms with van der Waals surface area (Å²) in [6.45, 7) is 3.79. The van der Waals surface area contributed by atoms with Crippen LogP contribution in [0.15, 0.2) is 18.2 Å². The summed E-state index contributed by atoms with van der Waals surface area (Å²) in [5.41, 5.74) is 7.07. The molecule has 1 fully saturated rings. The lowest BCUT2D eigenvalue weighted by Crippen LogP contribution is -2.39. The summed E-state index contributed by atoms with van der Waals surface area (Å²) in [7, 11) is 0. The maximum atomic E-state index is 13.4. The van der Waals surface area contributed by atoms with Gasteiger partial charge in [0.25, 0.3) is 0 Å². The third kappa shape index (κ3) is 2.80. The third-order valence-electron chi connectivity index (χ3n) is 3.66. The quantitative estimate of drug-likeness (QED) is 0.872. The lowest BCUT2D eigenvalue weighted by atomic mass is 9.90. The highest BCUT2D eigenvalue weighted by molar-refractivity contribution is 5.52. The molecule has 1 aliphatic rings. The van der Waals surface area contributed by atoms with E-state index in [-0.39, 0.29) is 11.9 Å². The number of nitriles is 1. The Morgan fingerprint density at radius 1 is 1.39 bits per heavy atom. The number of anilines is 1. The van der Waals surface area contributed by atoms with Crippen molar-refractivity contribution < 1.29 is 4.39 Å². The first-order valence-electron chi connectivity index (χ1n) is 6.31. The number of nitrogens with two attached hydrogens (primary N) is 1. The van der Waals surface area contributed by atoms with Crippen molar-refractivity contribution in [2.45, 2.75) is 25.8 Å². The topological polar surface area (TPSA) is 53.0 Å². The number of halogens is 1. The molecule has 1 heterocycles. The molecule has 1 aliphatic heterocycles. The van der Waals surface area contributed by atoms with Crippen LogP contribution in [-0.2, 0) is 0 Å². The number of piperidine rings is 1. The molecular formula is C14H18FN3. The molecule has 0 aromatic heterocycles. The van der Waals surface area contributed by atoms with E-state index in [1.165, 1.54) is 12.1 Å². The molecule has 0 saturated carbocycles. The number of benzene rings is 1. The Kier molecular flexibility index (Phi) is 3.83. The van der Waals surface area contributed by atoms with Gasteiger partial charge >= 0.3 is 0 Å². The van der Waals surface area contributed by atoms with Crippen LogP contribution in [0.2, 0.25) is 0 Å². The Morgan fingerprint density at radius 2 is 2.06 bits per heavy atom. The van der Waals surface area contributed by atoms with Gasteiger partial charge in [-0.15, -0.1) is 0 Å². The summed E-state index contributed by atoms with van der Waals surface area (Å²) in [5.74, 6) is 0.198. The predicted molar refractivity (Wildman–Crippen MR) is 69.7 cm³/mol. The van der Waals surface area contributed by atoms with Crippen LogP contribution in [0.25, 0.3) is 0 Å². The molecule has 18 heavy (non-hydrogen) atoms. The van der Waals surface area contributed by atoms with Gasteiger partial charge in [-0.05, 0) is 43.9 Å². The monoisotopic (exact) mass is 247 g/mol. The molecule has 1 aromatic rings. The maximum absolute atomic E-state index is 13.4. The highest BCUT2D eigenvalue weighted by atomic mass is 19.1. The fourth-order valence-corrected chi connectivity index (χ4v) is 2.50. The summed E-state index contributed by atoms with van der Waals surface area (Å²) >= 11 is 0. The van der Waals surface area contributed by atoms with E-state index in [2.05, 4.69) is 4.90 Å². The second-order valence-corrected chi connectivity index (χ2v) is 4.99. The second kappa shape index (κ2) is 5.36. The molecular weight excluding hydrogens is 229 g/mol. The molecule has 0 aliphatic carbocycles. The SMILES string of the molecule is CC(N)C1CCN(c2cc(F)cc(C#N)c2)CC1. The van der Waals surface area contributed by atoms with Crippen LogP contribution in [-0.4, -0.2) is 19.1 Å². The van der Waals surface area contributed by atoms with Gasteiger partial charge in [0, 0.05) is 24.8 Å². The minimum atomic E-state index is -0.349. The minimum Gasteiger partial charge on any atom is -0.371 e. The van der Waals surface area contributed by atoms with Crippen LogP contribution in [0.3, 0.4) is 0 Å². The molecule has 1 aromatic carbocycles. The van der Waals surface area contributed by atoms with Crippen molar-refractivity contribution in [3.63, 3.8) is 0 Å². The van der Waals surface area contributed by atoms with Crippen LogP contribution in [0.5, 0.6) is 0 Å². The molecule has 1 unspecified atom stereocenters. The molecule has 2 N–H and O–H groups in total. The van der Waals surface area contributed by atoms with Crippen molar-refractivity contribution in [3.05, 3.63) is 29.6 Å². The van der Waals surface area contributed by atoms with Crippen molar-refractivity contribution >= 4 is 5.69 Å². The van der Waals surface area contributed by atoms with Crippen molar-refractivity contribution in [2.24, 2.45) is 11.7 Å². The van der Waals surface area contributed by atoms with Gasteiger partial charge < -0.3 is 10.6 Å². The van der Waals surface area contributed by atoms with Gasteiger partial charge in [0.15, 0.2) is 0 Å². The van der Waals surface area contributed by atoms with E-state index in [1.807, 2.05) is 13.0 Å². The third-order valence-corrected chi connectivity index (χ3v) is 3.66. The van der Waals surface area contributed by atoms with Gasteiger partial charge in [-0.2, -0.15) is 5.26 Å². The van der Waals surface area contributed by atoms with Crippen molar-refractivity contribution in [1.29, 1.82) is 5.26 Å². The lowest BCUT2D eigenvalue weighted by molar-refractivity contribution is 0.354. The normalized spacial score (nSPS) is 18.4. The molecule has 3 nitrogen and oxygen atoms in total. The first kappa shape index (κ1) is 12.8. The first-order chi connectivity index (χ1) is 8.60. The molecule has 1 saturated heterocycles. The van der Waals surface area contributed by atoms with E-state index in [0.29, 0.717) is 11.5 Å². The number of rotatable bonds is 2. The minimum absolute atomic E-state index is 0.217. The van der Waals surface area contributed by atoms with E-state index in [4.69, 9.17) is 11.0 Å². The van der Waals surface area contributed by atoms with Crippen LogP contribution >= 0.6 is 0 Å². The smallest absolute Gasteiger partial charge is 0.126 e. The van der Waals surface area contributed by atoms with E-state index >= 15 is 0 Å². The first-order valence-corrected chi connectivity index (χ1v) is 6.31. The van der Waals surface area contributed by atoms with Gasteiger partial charge in [-0.3, -0.25) is 0 Å². The van der Waals surface area contributed by atoms with Crippen LogP contribution in [0, 0.1) is 23.1 Å². The molecule has 0 bridgehead atoms. The highest BCUT2D eigenvalue weighted by Crippen LogP contribution is 2.26. The number of hydrogen-bond donors (Lipinski definition) is 1. The summed E-state index contributed by atoms with van der Waals surface area (Å²) in [6, 6.07) is 6.71. The fraction of sp³-hybridized carbons (Fsp3) is 0.500. The molecule has 0 spiro atoms. The van der Waals surface area contributed by atoms with Gasteiger partial charge in [-0.1, -0.05) is 0 Å².